The van der Waals surface area contributed by atoms with Crippen molar-refractivity contribution in [3.63, 3.8) is 0 Å². The predicted octanol–water partition coefficient (Wildman–Crippen LogP) is 2.49. The van der Waals surface area contributed by atoms with Crippen molar-refractivity contribution in [1.29, 1.82) is 0 Å². The van der Waals surface area contributed by atoms with E-state index in [4.69, 9.17) is 10.5 Å². The van der Waals surface area contributed by atoms with Crippen LogP contribution >= 0.6 is 0 Å². The van der Waals surface area contributed by atoms with Crippen LogP contribution in [0.15, 0.2) is 70.3 Å². The lowest BCUT2D eigenvalue weighted by Crippen LogP contribution is -2.44. The van der Waals surface area contributed by atoms with E-state index in [1.807, 2.05) is 68.4 Å². The van der Waals surface area contributed by atoms with Crippen molar-refractivity contribution in [2.45, 2.75) is 20.4 Å². The van der Waals surface area contributed by atoms with E-state index in [9.17, 15) is 19.2 Å². The maximum atomic E-state index is 13.2. The molecule has 0 bridgehead atoms. The Hall–Kier alpha value is -4.60. The third-order valence-electron chi connectivity index (χ3n) is 5.59. The van der Waals surface area contributed by atoms with Gasteiger partial charge in [-0.3, -0.25) is 19.1 Å². The molecule has 0 aliphatic heterocycles. The van der Waals surface area contributed by atoms with E-state index in [2.05, 4.69) is 9.97 Å². The number of aromatic nitrogens is 3. The number of ether oxygens (including phenoxy) is 1. The number of H-pyrrole nitrogens is 2. The number of nitrogens with one attached hydrogen (secondary N) is 2. The Morgan fingerprint density at radius 1 is 1.03 bits per heavy atom. The molecule has 1 amide bonds. The van der Waals surface area contributed by atoms with Crippen LogP contribution in [0.4, 0.5) is 11.5 Å². The molecule has 2 aromatic carbocycles. The molecular weight excluding hydrogens is 462 g/mol. The first-order valence-corrected chi connectivity index (χ1v) is 11.5. The molecule has 0 saturated heterocycles. The first-order valence-electron chi connectivity index (χ1n) is 11.5. The van der Waals surface area contributed by atoms with Gasteiger partial charge in [0, 0.05) is 17.4 Å². The van der Waals surface area contributed by atoms with Crippen molar-refractivity contribution in [3.05, 3.63) is 92.8 Å². The highest BCUT2D eigenvalue weighted by Gasteiger charge is 2.26. The van der Waals surface area contributed by atoms with Gasteiger partial charge in [0.2, 0.25) is 0 Å². The van der Waals surface area contributed by atoms with E-state index in [1.165, 1.54) is 4.57 Å². The van der Waals surface area contributed by atoms with E-state index in [0.29, 0.717) is 0 Å². The fraction of sp³-hybridized carbons (Fsp3) is 0.231. The number of nitrogens with two attached hydrogens (primary N) is 1. The molecule has 0 unspecified atom stereocenters. The fourth-order valence-electron chi connectivity index (χ4n) is 3.91. The number of rotatable bonds is 8. The minimum absolute atomic E-state index is 0.0494. The molecule has 2 aromatic heterocycles. The van der Waals surface area contributed by atoms with Gasteiger partial charge in [-0.25, -0.2) is 9.59 Å². The Balaban J connectivity index is 1.60. The monoisotopic (exact) mass is 489 g/mol. The summed E-state index contributed by atoms with van der Waals surface area (Å²) in [5.74, 6) is -1.55. The number of fused-ring (bicyclic) bond motifs is 1. The number of nitrogen functional groups attached to an aromatic ring is 1. The molecule has 10 heteroatoms. The van der Waals surface area contributed by atoms with Crippen molar-refractivity contribution in [1.82, 2.24) is 14.5 Å². The third kappa shape index (κ3) is 5.22. The van der Waals surface area contributed by atoms with Gasteiger partial charge in [0.15, 0.2) is 12.3 Å². The topological polar surface area (TPSA) is 143 Å². The Bertz CT molecular complexity index is 1480. The second kappa shape index (κ2) is 10.3. The molecule has 4 aromatic rings. The maximum absolute atomic E-state index is 13.2. The predicted molar refractivity (Wildman–Crippen MR) is 137 cm³/mol. The van der Waals surface area contributed by atoms with Crippen LogP contribution in [0, 0.1) is 5.92 Å². The summed E-state index contributed by atoms with van der Waals surface area (Å²) in [6.45, 7) is 3.34. The number of aromatic amines is 2. The number of hydrogen-bond donors (Lipinski definition) is 3. The lowest BCUT2D eigenvalue weighted by atomic mass is 10.2. The van der Waals surface area contributed by atoms with E-state index in [-0.39, 0.29) is 36.2 Å². The summed E-state index contributed by atoms with van der Waals surface area (Å²) in [6, 6.07) is 18.1. The number of para-hydroxylation sites is 1. The largest absolute Gasteiger partial charge is 0.451 e. The summed E-state index contributed by atoms with van der Waals surface area (Å²) >= 11 is 0. The van der Waals surface area contributed by atoms with Crippen molar-refractivity contribution in [3.8, 4) is 0 Å². The molecule has 0 aliphatic carbocycles. The van der Waals surface area contributed by atoms with Gasteiger partial charge in [-0.2, -0.15) is 0 Å². The van der Waals surface area contributed by atoms with E-state index in [0.717, 1.165) is 21.4 Å². The smallest absolute Gasteiger partial charge is 0.355 e. The molecule has 186 valence electrons. The second-order valence-electron chi connectivity index (χ2n) is 8.81. The van der Waals surface area contributed by atoms with E-state index in [1.54, 1.807) is 6.07 Å². The van der Waals surface area contributed by atoms with E-state index < -0.39 is 29.7 Å². The highest BCUT2D eigenvalue weighted by atomic mass is 16.5. The highest BCUT2D eigenvalue weighted by Crippen LogP contribution is 2.20. The molecule has 0 spiro atoms. The average molecular weight is 490 g/mol. The zero-order valence-corrected chi connectivity index (χ0v) is 20.0. The lowest BCUT2D eigenvalue weighted by molar-refractivity contribution is -0.121. The molecule has 0 saturated carbocycles. The van der Waals surface area contributed by atoms with Crippen LogP contribution in [0.5, 0.6) is 0 Å². The number of hydrogen-bond acceptors (Lipinski definition) is 6. The summed E-state index contributed by atoms with van der Waals surface area (Å²) in [7, 11) is 0. The van der Waals surface area contributed by atoms with Gasteiger partial charge in [-0.1, -0.05) is 62.4 Å². The molecule has 0 atom stereocenters. The van der Waals surface area contributed by atoms with E-state index >= 15 is 0 Å². The SMILES string of the molecule is CC(C)CN(C(=O)COC(=O)c1cc2ccccc2[nH]1)c1c(N)n(Cc2ccccc2)c(=O)[nH]c1=O. The first kappa shape index (κ1) is 24.5. The van der Waals surface area contributed by atoms with Gasteiger partial charge in [0.25, 0.3) is 11.5 Å². The van der Waals surface area contributed by atoms with Crippen LogP contribution in [-0.4, -0.2) is 39.6 Å². The van der Waals surface area contributed by atoms with Crippen LogP contribution in [0.25, 0.3) is 10.9 Å². The van der Waals surface area contributed by atoms with Gasteiger partial charge >= 0.3 is 11.7 Å². The molecular formula is C26H27N5O5. The molecule has 4 rings (SSSR count). The quantitative estimate of drug-likeness (QED) is 0.325. The number of carbonyl (C=O) groups is 2. The zero-order valence-electron chi connectivity index (χ0n) is 20.0. The first-order chi connectivity index (χ1) is 17.2. The van der Waals surface area contributed by atoms with Crippen LogP contribution in [-0.2, 0) is 16.1 Å². The van der Waals surface area contributed by atoms with Gasteiger partial charge in [-0.15, -0.1) is 0 Å². The number of esters is 1. The maximum Gasteiger partial charge on any atom is 0.355 e. The summed E-state index contributed by atoms with van der Waals surface area (Å²) in [5, 5.41) is 0.831. The minimum Gasteiger partial charge on any atom is -0.451 e. The lowest BCUT2D eigenvalue weighted by Gasteiger charge is -2.26. The van der Waals surface area contributed by atoms with Gasteiger partial charge in [0.1, 0.15) is 11.5 Å². The van der Waals surface area contributed by atoms with Crippen molar-refractivity contribution in [2.24, 2.45) is 5.92 Å². The summed E-state index contributed by atoms with van der Waals surface area (Å²) in [5.41, 5.74) is 6.38. The standard InChI is InChI=1S/C26H27N5O5/c1-16(2)13-30(21(32)15-36-25(34)20-12-18-10-6-7-11-19(18)28-20)22-23(27)31(26(35)29-24(22)33)14-17-8-4-3-5-9-17/h3-12,16,28H,13-15,27H2,1-2H3,(H,29,33,35). The normalized spacial score (nSPS) is 11.1. The van der Waals surface area contributed by atoms with Gasteiger partial charge < -0.3 is 20.4 Å². The number of carbonyl (C=O) groups excluding carboxylic acids is 2. The number of benzene rings is 2. The zero-order chi connectivity index (χ0) is 25.8. The number of nitrogens with zero attached hydrogens (tertiary/aromatic N) is 2. The second-order valence-corrected chi connectivity index (χ2v) is 8.81. The average Bonchev–Trinajstić information content (AvgIpc) is 3.29. The summed E-state index contributed by atoms with van der Waals surface area (Å²) in [6.07, 6.45) is 0. The molecule has 4 N–H and O–H groups in total. The molecule has 10 nitrogen and oxygen atoms in total. The van der Waals surface area contributed by atoms with Crippen LogP contribution in [0.1, 0.15) is 29.9 Å². The highest BCUT2D eigenvalue weighted by molar-refractivity contribution is 5.99. The summed E-state index contributed by atoms with van der Waals surface area (Å²) < 4.78 is 6.45. The van der Waals surface area contributed by atoms with Gasteiger partial charge in [-0.05, 0) is 23.6 Å². The molecule has 0 fully saturated rings. The molecule has 2 heterocycles. The Kier molecular flexibility index (Phi) is 7.05. The van der Waals surface area contributed by atoms with Crippen LogP contribution in [0.3, 0.4) is 0 Å². The fourth-order valence-corrected chi connectivity index (χ4v) is 3.91. The van der Waals surface area contributed by atoms with Crippen molar-refractivity contribution >= 4 is 34.3 Å². The van der Waals surface area contributed by atoms with Crippen molar-refractivity contribution in [2.75, 3.05) is 23.8 Å². The Morgan fingerprint density at radius 2 is 1.72 bits per heavy atom. The summed E-state index contributed by atoms with van der Waals surface area (Å²) in [4.78, 5) is 57.5. The third-order valence-corrected chi connectivity index (χ3v) is 5.59. The Labute approximate surface area is 206 Å². The van der Waals surface area contributed by atoms with Crippen LogP contribution in [0.2, 0.25) is 0 Å². The van der Waals surface area contributed by atoms with Crippen LogP contribution < -0.4 is 21.9 Å². The minimum atomic E-state index is -0.794. The van der Waals surface area contributed by atoms with Gasteiger partial charge in [0.05, 0.1) is 6.54 Å². The number of anilines is 2. The number of amides is 1. The molecule has 0 radical (unpaired) electrons. The molecule has 0 aliphatic rings. The Morgan fingerprint density at radius 3 is 2.42 bits per heavy atom. The van der Waals surface area contributed by atoms with Crippen molar-refractivity contribution < 1.29 is 14.3 Å². The molecule has 36 heavy (non-hydrogen) atoms.